The van der Waals surface area contributed by atoms with E-state index in [9.17, 15) is 0 Å². The van der Waals surface area contributed by atoms with Gasteiger partial charge in [-0.1, -0.05) is 159 Å². The summed E-state index contributed by atoms with van der Waals surface area (Å²) >= 11 is 0. The molecule has 1 aliphatic carbocycles. The van der Waals surface area contributed by atoms with Gasteiger partial charge in [-0.15, -0.1) is 0 Å². The summed E-state index contributed by atoms with van der Waals surface area (Å²) in [6.45, 7) is 4.73. The van der Waals surface area contributed by atoms with Crippen LogP contribution < -0.4 is 9.80 Å². The van der Waals surface area contributed by atoms with Gasteiger partial charge < -0.3 is 14.4 Å². The van der Waals surface area contributed by atoms with Crippen molar-refractivity contribution in [1.82, 2.24) is 4.57 Å². The predicted octanol–water partition coefficient (Wildman–Crippen LogP) is 15.2. The van der Waals surface area contributed by atoms with Crippen LogP contribution in [-0.2, 0) is 5.41 Å². The summed E-state index contributed by atoms with van der Waals surface area (Å²) in [5.74, 6) is 0. The number of rotatable bonds is 7. The first-order valence-electron chi connectivity index (χ1n) is 20.1. The lowest BCUT2D eigenvalue weighted by Gasteiger charge is -2.32. The molecule has 9 aromatic carbocycles. The van der Waals surface area contributed by atoms with Crippen LogP contribution in [0.5, 0.6) is 0 Å². The third-order valence-corrected chi connectivity index (χ3v) is 12.1. The van der Waals surface area contributed by atoms with Crippen LogP contribution in [0.2, 0.25) is 0 Å². The fraction of sp³-hybridized carbons (Fsp3) is 0.0545. The van der Waals surface area contributed by atoms with E-state index in [2.05, 4.69) is 241 Å². The molecule has 0 radical (unpaired) electrons. The maximum Gasteiger partial charge on any atom is 0.0620 e. The van der Waals surface area contributed by atoms with Gasteiger partial charge in [-0.25, -0.2) is 0 Å². The van der Waals surface area contributed by atoms with Crippen LogP contribution in [0.1, 0.15) is 25.0 Å². The molecule has 0 bridgehead atoms. The SMILES string of the molecule is CC1(C)c2ccccc2-c2c(N(c3ccccc3)c3cc(N(c4ccccc4)c4ccccc4)cc4c3c3ccc5ccccc5c3n4-c3ccccc3)cccc21. The van der Waals surface area contributed by atoms with E-state index >= 15 is 0 Å². The summed E-state index contributed by atoms with van der Waals surface area (Å²) in [4.78, 5) is 4.92. The minimum absolute atomic E-state index is 0.152. The molecule has 0 saturated carbocycles. The summed E-state index contributed by atoms with van der Waals surface area (Å²) in [5, 5.41) is 4.84. The Kier molecular flexibility index (Phi) is 7.84. The maximum atomic E-state index is 2.53. The molecule has 0 amide bonds. The third-order valence-electron chi connectivity index (χ3n) is 12.1. The Morgan fingerprint density at radius 3 is 1.67 bits per heavy atom. The lowest BCUT2D eigenvalue weighted by Crippen LogP contribution is -2.16. The van der Waals surface area contributed by atoms with Crippen LogP contribution in [0.3, 0.4) is 0 Å². The van der Waals surface area contributed by atoms with Crippen LogP contribution in [0, 0.1) is 0 Å². The summed E-state index contributed by atoms with van der Waals surface area (Å²) in [6, 6.07) is 77.4. The number of nitrogens with zero attached hydrogens (tertiary/aromatic N) is 3. The maximum absolute atomic E-state index is 2.53. The fourth-order valence-electron chi connectivity index (χ4n) is 9.53. The largest absolute Gasteiger partial charge is 0.310 e. The molecule has 1 aliphatic rings. The molecule has 0 N–H and O–H groups in total. The van der Waals surface area contributed by atoms with Crippen molar-refractivity contribution in [2.24, 2.45) is 0 Å². The molecule has 0 saturated heterocycles. The molecule has 276 valence electrons. The van der Waals surface area contributed by atoms with Crippen molar-refractivity contribution in [3.8, 4) is 16.8 Å². The monoisotopic (exact) mass is 743 g/mol. The lowest BCUT2D eigenvalue weighted by molar-refractivity contribution is 0.660. The fourth-order valence-corrected chi connectivity index (χ4v) is 9.53. The topological polar surface area (TPSA) is 11.4 Å². The molecule has 1 aromatic heterocycles. The van der Waals surface area contributed by atoms with Crippen molar-refractivity contribution in [2.75, 3.05) is 9.80 Å². The summed E-state index contributed by atoms with van der Waals surface area (Å²) in [5.41, 5.74) is 15.2. The number of anilines is 6. The zero-order chi connectivity index (χ0) is 38.8. The van der Waals surface area contributed by atoms with E-state index in [0.29, 0.717) is 0 Å². The van der Waals surface area contributed by atoms with E-state index in [4.69, 9.17) is 0 Å². The normalized spacial score (nSPS) is 12.8. The second kappa shape index (κ2) is 13.4. The number of hydrogen-bond acceptors (Lipinski definition) is 2. The smallest absolute Gasteiger partial charge is 0.0620 e. The molecule has 3 heteroatoms. The molecule has 58 heavy (non-hydrogen) atoms. The van der Waals surface area contributed by atoms with E-state index < -0.39 is 0 Å². The molecular formula is C55H41N3. The van der Waals surface area contributed by atoms with Crippen molar-refractivity contribution in [3.63, 3.8) is 0 Å². The Bertz CT molecular complexity index is 3090. The zero-order valence-corrected chi connectivity index (χ0v) is 32.5. The van der Waals surface area contributed by atoms with Gasteiger partial charge in [0.1, 0.15) is 0 Å². The van der Waals surface area contributed by atoms with Crippen molar-refractivity contribution >= 4 is 66.7 Å². The van der Waals surface area contributed by atoms with Crippen LogP contribution in [0.4, 0.5) is 34.1 Å². The highest BCUT2D eigenvalue weighted by Crippen LogP contribution is 2.56. The van der Waals surface area contributed by atoms with E-state index in [1.807, 2.05) is 0 Å². The summed E-state index contributed by atoms with van der Waals surface area (Å²) < 4.78 is 2.49. The van der Waals surface area contributed by atoms with E-state index in [-0.39, 0.29) is 5.41 Å². The van der Waals surface area contributed by atoms with Gasteiger partial charge >= 0.3 is 0 Å². The van der Waals surface area contributed by atoms with Gasteiger partial charge in [-0.3, -0.25) is 0 Å². The summed E-state index contributed by atoms with van der Waals surface area (Å²) in [7, 11) is 0. The molecule has 0 atom stereocenters. The molecular weight excluding hydrogens is 703 g/mol. The minimum Gasteiger partial charge on any atom is -0.310 e. The van der Waals surface area contributed by atoms with Gasteiger partial charge in [-0.2, -0.15) is 0 Å². The molecule has 0 unspecified atom stereocenters. The van der Waals surface area contributed by atoms with Gasteiger partial charge in [0.05, 0.1) is 28.1 Å². The Morgan fingerprint density at radius 1 is 0.414 bits per heavy atom. The van der Waals surface area contributed by atoms with E-state index in [1.165, 1.54) is 49.3 Å². The van der Waals surface area contributed by atoms with Crippen molar-refractivity contribution < 1.29 is 0 Å². The number of benzene rings is 9. The highest BCUT2D eigenvalue weighted by molar-refractivity contribution is 6.24. The predicted molar refractivity (Wildman–Crippen MR) is 245 cm³/mol. The first-order chi connectivity index (χ1) is 28.6. The minimum atomic E-state index is -0.152. The molecule has 3 nitrogen and oxygen atoms in total. The Morgan fingerprint density at radius 2 is 0.983 bits per heavy atom. The molecule has 0 spiro atoms. The average molecular weight is 744 g/mol. The van der Waals surface area contributed by atoms with Crippen molar-refractivity contribution in [1.29, 1.82) is 0 Å². The number of aromatic nitrogens is 1. The molecule has 0 fully saturated rings. The Hall–Kier alpha value is -7.36. The van der Waals surface area contributed by atoms with Gasteiger partial charge in [0, 0.05) is 49.9 Å². The second-order valence-electron chi connectivity index (χ2n) is 15.8. The number of hydrogen-bond donors (Lipinski definition) is 0. The molecule has 1 heterocycles. The van der Waals surface area contributed by atoms with Crippen LogP contribution >= 0.6 is 0 Å². The van der Waals surface area contributed by atoms with Gasteiger partial charge in [0.25, 0.3) is 0 Å². The van der Waals surface area contributed by atoms with Crippen LogP contribution in [0.25, 0.3) is 49.4 Å². The Balaban J connectivity index is 1.34. The highest BCUT2D eigenvalue weighted by Gasteiger charge is 2.38. The lowest BCUT2D eigenvalue weighted by atomic mass is 9.82. The third kappa shape index (κ3) is 5.20. The first kappa shape index (κ1) is 33.9. The molecule has 10 aromatic rings. The molecule has 11 rings (SSSR count). The average Bonchev–Trinajstić information content (AvgIpc) is 3.74. The number of fused-ring (bicyclic) bond motifs is 8. The number of para-hydroxylation sites is 4. The first-order valence-corrected chi connectivity index (χ1v) is 20.1. The quantitative estimate of drug-likeness (QED) is 0.161. The zero-order valence-electron chi connectivity index (χ0n) is 32.5. The van der Waals surface area contributed by atoms with E-state index in [0.717, 1.165) is 45.3 Å². The Labute approximate surface area is 339 Å². The standard InChI is InChI=1S/C55H41N3/c1-55(2)47-31-18-17-30-45(47)52-48(55)32-19-33-49(52)57(41-25-11-5-12-26-41)50-36-43(56(39-21-7-3-8-22-39)40-23-9-4-10-24-40)37-51-53(50)46-35-34-38-20-15-16-29-44(38)54(46)58(51)42-27-13-6-14-28-42/h3-37H,1-2H3. The van der Waals surface area contributed by atoms with E-state index in [1.54, 1.807) is 0 Å². The van der Waals surface area contributed by atoms with Gasteiger partial charge in [0.2, 0.25) is 0 Å². The van der Waals surface area contributed by atoms with Crippen LogP contribution in [-0.4, -0.2) is 4.57 Å². The summed E-state index contributed by atoms with van der Waals surface area (Å²) in [6.07, 6.45) is 0. The second-order valence-corrected chi connectivity index (χ2v) is 15.8. The van der Waals surface area contributed by atoms with Crippen molar-refractivity contribution in [2.45, 2.75) is 19.3 Å². The van der Waals surface area contributed by atoms with Crippen molar-refractivity contribution in [3.05, 3.63) is 223 Å². The molecule has 0 aliphatic heterocycles. The van der Waals surface area contributed by atoms with Gasteiger partial charge in [0.15, 0.2) is 0 Å². The van der Waals surface area contributed by atoms with Gasteiger partial charge in [-0.05, 0) is 88.8 Å². The van der Waals surface area contributed by atoms with Crippen LogP contribution in [0.15, 0.2) is 212 Å². The highest BCUT2D eigenvalue weighted by atomic mass is 15.2.